The van der Waals surface area contributed by atoms with Crippen LogP contribution in [0, 0.1) is 6.92 Å². The van der Waals surface area contributed by atoms with E-state index in [9.17, 15) is 4.79 Å². The molecule has 0 aliphatic carbocycles. The summed E-state index contributed by atoms with van der Waals surface area (Å²) >= 11 is 1.44. The highest BCUT2D eigenvalue weighted by atomic mass is 32.1. The van der Waals surface area contributed by atoms with Gasteiger partial charge in [-0.1, -0.05) is 5.16 Å². The van der Waals surface area contributed by atoms with Crippen molar-refractivity contribution in [3.05, 3.63) is 28.3 Å². The zero-order valence-electron chi connectivity index (χ0n) is 12.9. The van der Waals surface area contributed by atoms with E-state index in [0.29, 0.717) is 30.5 Å². The fourth-order valence-corrected chi connectivity index (χ4v) is 3.92. The molecule has 0 N–H and O–H groups in total. The quantitative estimate of drug-likeness (QED) is 0.838. The number of carbonyl (C=O) groups excluding carboxylic acids is 1. The topological polar surface area (TPSA) is 81.4 Å². The maximum Gasteiger partial charge on any atom is 0.273 e. The molecule has 2 aromatic rings. The number of rotatable bonds is 2. The third-order valence-corrected chi connectivity index (χ3v) is 5.27. The number of thiazole rings is 1. The van der Waals surface area contributed by atoms with Gasteiger partial charge in [0.25, 0.3) is 11.8 Å². The fraction of sp³-hybridized carbons (Fsp3) is 0.600. The number of aromatic nitrogens is 3. The first-order valence-electron chi connectivity index (χ1n) is 7.81. The predicted molar refractivity (Wildman–Crippen MR) is 82.1 cm³/mol. The average Bonchev–Trinajstić information content (AvgIpc) is 3.28. The van der Waals surface area contributed by atoms with Gasteiger partial charge in [-0.25, -0.2) is 4.98 Å². The summed E-state index contributed by atoms with van der Waals surface area (Å²) in [4.78, 5) is 22.6. The molecule has 7 nitrogen and oxygen atoms in total. The van der Waals surface area contributed by atoms with E-state index < -0.39 is 0 Å². The molecule has 0 aromatic carbocycles. The molecule has 4 rings (SSSR count). The zero-order chi connectivity index (χ0) is 15.9. The molecule has 0 unspecified atom stereocenters. The molecule has 2 aliphatic heterocycles. The van der Waals surface area contributed by atoms with Crippen molar-refractivity contribution in [2.24, 2.45) is 0 Å². The first-order chi connectivity index (χ1) is 11.2. The van der Waals surface area contributed by atoms with Crippen LogP contribution in [0.4, 0.5) is 0 Å². The number of amides is 1. The van der Waals surface area contributed by atoms with Crippen LogP contribution in [0.5, 0.6) is 0 Å². The maximum atomic E-state index is 12.3. The molecule has 1 amide bonds. The molecule has 1 atom stereocenters. The monoisotopic (exact) mass is 334 g/mol. The Morgan fingerprint density at radius 2 is 2.22 bits per heavy atom. The summed E-state index contributed by atoms with van der Waals surface area (Å²) < 4.78 is 11.5. The second kappa shape index (κ2) is 5.68. The molecular weight excluding hydrogens is 316 g/mol. The van der Waals surface area contributed by atoms with E-state index >= 15 is 0 Å². The fourth-order valence-electron chi connectivity index (χ4n) is 3.40. The van der Waals surface area contributed by atoms with Crippen LogP contribution >= 0.6 is 11.3 Å². The number of aryl methyl sites for hydroxylation is 1. The van der Waals surface area contributed by atoms with E-state index in [4.69, 9.17) is 9.26 Å². The van der Waals surface area contributed by atoms with Crippen LogP contribution in [0.25, 0.3) is 0 Å². The van der Waals surface area contributed by atoms with E-state index in [2.05, 4.69) is 15.1 Å². The lowest BCUT2D eigenvalue weighted by Crippen LogP contribution is -2.46. The van der Waals surface area contributed by atoms with Gasteiger partial charge in [-0.05, 0) is 32.6 Å². The van der Waals surface area contributed by atoms with Gasteiger partial charge in [0, 0.05) is 18.5 Å². The van der Waals surface area contributed by atoms with Crippen LogP contribution in [-0.4, -0.2) is 44.6 Å². The molecule has 4 heterocycles. The van der Waals surface area contributed by atoms with Crippen molar-refractivity contribution in [3.8, 4) is 0 Å². The van der Waals surface area contributed by atoms with Gasteiger partial charge in [0.2, 0.25) is 0 Å². The van der Waals surface area contributed by atoms with Gasteiger partial charge in [-0.3, -0.25) is 4.79 Å². The lowest BCUT2D eigenvalue weighted by atomic mass is 9.88. The zero-order valence-corrected chi connectivity index (χ0v) is 13.7. The summed E-state index contributed by atoms with van der Waals surface area (Å²) in [5, 5.41) is 5.63. The Bertz CT molecular complexity index is 691. The third-order valence-electron chi connectivity index (χ3n) is 4.69. The van der Waals surface area contributed by atoms with E-state index in [-0.39, 0.29) is 17.6 Å². The second-order valence-electron chi connectivity index (χ2n) is 6.17. The highest BCUT2D eigenvalue weighted by molar-refractivity contribution is 7.07. The van der Waals surface area contributed by atoms with E-state index in [1.54, 1.807) is 17.8 Å². The molecule has 2 fully saturated rings. The number of ether oxygens (including phenoxy) is 1. The van der Waals surface area contributed by atoms with Crippen LogP contribution < -0.4 is 0 Å². The SMILES string of the molecule is Cc1noc([C@H]2CCC3(CCN(C(=O)c4cscn4)CC3)O2)n1. The predicted octanol–water partition coefficient (Wildman–Crippen LogP) is 2.36. The Morgan fingerprint density at radius 1 is 1.39 bits per heavy atom. The van der Waals surface area contributed by atoms with E-state index in [1.165, 1.54) is 11.3 Å². The number of piperidine rings is 1. The van der Waals surface area contributed by atoms with E-state index in [0.717, 1.165) is 25.7 Å². The molecule has 1 spiro atoms. The number of nitrogens with zero attached hydrogens (tertiary/aromatic N) is 4. The average molecular weight is 334 g/mol. The molecular formula is C15H18N4O3S. The van der Waals surface area contributed by atoms with Gasteiger partial charge < -0.3 is 14.2 Å². The molecule has 23 heavy (non-hydrogen) atoms. The molecule has 0 radical (unpaired) electrons. The summed E-state index contributed by atoms with van der Waals surface area (Å²) in [5.74, 6) is 1.22. The summed E-state index contributed by atoms with van der Waals surface area (Å²) in [6.45, 7) is 3.21. The third kappa shape index (κ3) is 2.76. The normalized spacial score (nSPS) is 23.5. The van der Waals surface area contributed by atoms with Crippen molar-refractivity contribution in [2.75, 3.05) is 13.1 Å². The highest BCUT2D eigenvalue weighted by Gasteiger charge is 2.45. The minimum absolute atomic E-state index is 0.0168. The minimum atomic E-state index is -0.161. The van der Waals surface area contributed by atoms with Gasteiger partial charge in [0.1, 0.15) is 11.8 Å². The lowest BCUT2D eigenvalue weighted by Gasteiger charge is -2.38. The van der Waals surface area contributed by atoms with Crippen molar-refractivity contribution in [3.63, 3.8) is 0 Å². The Kier molecular flexibility index (Phi) is 3.65. The molecule has 122 valence electrons. The maximum absolute atomic E-state index is 12.3. The van der Waals surface area contributed by atoms with Crippen LogP contribution in [0.1, 0.15) is 54.0 Å². The standard InChI is InChI=1S/C15H18N4O3S/c1-10-17-13(22-18-10)12-2-3-15(21-12)4-6-19(7-5-15)14(20)11-8-23-9-16-11/h8-9,12H,2-7H2,1H3/t12-/m1/s1. The van der Waals surface area contributed by atoms with Gasteiger partial charge in [-0.2, -0.15) is 4.98 Å². The lowest BCUT2D eigenvalue weighted by molar-refractivity contribution is -0.0820. The Hall–Kier alpha value is -1.80. The minimum Gasteiger partial charge on any atom is -0.362 e. The molecule has 0 bridgehead atoms. The molecule has 2 aliphatic rings. The highest BCUT2D eigenvalue weighted by Crippen LogP contribution is 2.44. The number of hydrogen-bond donors (Lipinski definition) is 0. The Morgan fingerprint density at radius 3 is 2.87 bits per heavy atom. The van der Waals surface area contributed by atoms with Crippen LogP contribution in [-0.2, 0) is 4.74 Å². The van der Waals surface area contributed by atoms with Crippen molar-refractivity contribution in [1.82, 2.24) is 20.0 Å². The molecule has 8 heteroatoms. The van der Waals surface area contributed by atoms with Crippen LogP contribution in [0.15, 0.2) is 15.4 Å². The molecule has 2 saturated heterocycles. The smallest absolute Gasteiger partial charge is 0.273 e. The number of likely N-dealkylation sites (tertiary alicyclic amines) is 1. The largest absolute Gasteiger partial charge is 0.362 e. The van der Waals surface area contributed by atoms with E-state index in [1.807, 2.05) is 4.90 Å². The van der Waals surface area contributed by atoms with Gasteiger partial charge in [0.15, 0.2) is 5.82 Å². The Labute approximate surface area is 137 Å². The van der Waals surface area contributed by atoms with Crippen molar-refractivity contribution in [1.29, 1.82) is 0 Å². The number of hydrogen-bond acceptors (Lipinski definition) is 7. The van der Waals surface area contributed by atoms with Gasteiger partial charge in [-0.15, -0.1) is 11.3 Å². The first-order valence-corrected chi connectivity index (χ1v) is 8.75. The Balaban J connectivity index is 1.39. The van der Waals surface area contributed by atoms with Crippen molar-refractivity contribution < 1.29 is 14.1 Å². The van der Waals surface area contributed by atoms with Crippen molar-refractivity contribution in [2.45, 2.75) is 44.3 Å². The first kappa shape index (κ1) is 14.8. The van der Waals surface area contributed by atoms with Gasteiger partial charge in [0.05, 0.1) is 11.1 Å². The van der Waals surface area contributed by atoms with Crippen molar-refractivity contribution >= 4 is 17.2 Å². The number of carbonyl (C=O) groups is 1. The second-order valence-corrected chi connectivity index (χ2v) is 6.89. The molecule has 0 saturated carbocycles. The summed E-state index contributed by atoms with van der Waals surface area (Å²) in [6, 6.07) is 0. The van der Waals surface area contributed by atoms with Crippen LogP contribution in [0.3, 0.4) is 0 Å². The summed E-state index contributed by atoms with van der Waals surface area (Å²) in [7, 11) is 0. The molecule has 2 aromatic heterocycles. The van der Waals surface area contributed by atoms with Crippen LogP contribution in [0.2, 0.25) is 0 Å². The summed E-state index contributed by atoms with van der Waals surface area (Å²) in [6.07, 6.45) is 3.43. The van der Waals surface area contributed by atoms with Gasteiger partial charge >= 0.3 is 0 Å². The summed E-state index contributed by atoms with van der Waals surface area (Å²) in [5.41, 5.74) is 2.07.